The summed E-state index contributed by atoms with van der Waals surface area (Å²) in [5, 5.41) is 4.42. The van der Waals surface area contributed by atoms with Gasteiger partial charge in [-0.3, -0.25) is 9.36 Å². The van der Waals surface area contributed by atoms with Gasteiger partial charge in [0.2, 0.25) is 5.91 Å². The molecule has 0 aliphatic carbocycles. The third-order valence-corrected chi connectivity index (χ3v) is 4.95. The lowest BCUT2D eigenvalue weighted by atomic mass is 10.1. The van der Waals surface area contributed by atoms with Gasteiger partial charge in [0.1, 0.15) is 18.5 Å². The molecule has 0 radical (unpaired) electrons. The fraction of sp³-hybridized carbons (Fsp3) is 0.550. The summed E-state index contributed by atoms with van der Waals surface area (Å²) in [5.74, 6) is 0.672. The Morgan fingerprint density at radius 2 is 2.04 bits per heavy atom. The molecule has 146 valence electrons. The van der Waals surface area contributed by atoms with E-state index < -0.39 is 0 Å². The molecule has 0 bridgehead atoms. The Kier molecular flexibility index (Phi) is 6.45. The first-order valence-corrected chi connectivity index (χ1v) is 9.74. The number of aryl methyl sites for hydroxylation is 1. The number of ether oxygens (including phenoxy) is 1. The van der Waals surface area contributed by atoms with Gasteiger partial charge < -0.3 is 9.64 Å². The Bertz CT molecular complexity index is 812. The number of hydrogen-bond acceptors (Lipinski definition) is 4. The van der Waals surface area contributed by atoms with Gasteiger partial charge in [-0.05, 0) is 18.9 Å². The van der Waals surface area contributed by atoms with E-state index in [0.29, 0.717) is 26.2 Å². The van der Waals surface area contributed by atoms with Crippen LogP contribution in [0.2, 0.25) is 0 Å². The van der Waals surface area contributed by atoms with E-state index in [4.69, 9.17) is 4.74 Å². The average molecular weight is 372 g/mol. The molecule has 0 spiro atoms. The zero-order valence-electron chi connectivity index (χ0n) is 16.1. The Balaban J connectivity index is 1.69. The quantitative estimate of drug-likeness (QED) is 0.745. The van der Waals surface area contributed by atoms with Crippen molar-refractivity contribution in [2.24, 2.45) is 0 Å². The minimum Gasteiger partial charge on any atom is -0.370 e. The van der Waals surface area contributed by atoms with Crippen LogP contribution in [0.25, 0.3) is 0 Å². The highest BCUT2D eigenvalue weighted by Gasteiger charge is 2.26. The molecule has 0 unspecified atom stereocenters. The number of aromatic nitrogens is 3. The van der Waals surface area contributed by atoms with Crippen LogP contribution < -0.4 is 5.69 Å². The van der Waals surface area contributed by atoms with E-state index in [9.17, 15) is 9.59 Å². The van der Waals surface area contributed by atoms with Crippen molar-refractivity contribution in [1.29, 1.82) is 0 Å². The standard InChI is InChI=1S/C20H28N4O3/c1-3-5-11-18-21-24(20(26)23(18)4-2)15-19(25)22-12-13-27-17(14-22)16-9-7-6-8-10-16/h6-10,17H,3-5,11-15H2,1-2H3/t17-/m1/s1. The third-order valence-electron chi connectivity index (χ3n) is 4.95. The van der Waals surface area contributed by atoms with Crippen LogP contribution in [0, 0.1) is 0 Å². The van der Waals surface area contributed by atoms with E-state index in [1.54, 1.807) is 9.47 Å². The maximum absolute atomic E-state index is 12.8. The lowest BCUT2D eigenvalue weighted by Gasteiger charge is -2.33. The summed E-state index contributed by atoms with van der Waals surface area (Å²) in [4.78, 5) is 27.1. The Morgan fingerprint density at radius 1 is 1.26 bits per heavy atom. The molecule has 3 rings (SSSR count). The molecule has 1 aliphatic rings. The Hall–Kier alpha value is -2.41. The van der Waals surface area contributed by atoms with E-state index in [2.05, 4.69) is 12.0 Å². The minimum atomic E-state index is -0.204. The van der Waals surface area contributed by atoms with Gasteiger partial charge >= 0.3 is 5.69 Å². The molecular formula is C20H28N4O3. The molecule has 7 nitrogen and oxygen atoms in total. The van der Waals surface area contributed by atoms with Crippen molar-refractivity contribution >= 4 is 5.91 Å². The molecule has 1 aromatic carbocycles. The predicted molar refractivity (Wildman–Crippen MR) is 102 cm³/mol. The second-order valence-corrected chi connectivity index (χ2v) is 6.81. The summed E-state index contributed by atoms with van der Waals surface area (Å²) in [6, 6.07) is 9.91. The second kappa shape index (κ2) is 8.99. The molecule has 0 saturated carbocycles. The van der Waals surface area contributed by atoms with E-state index in [-0.39, 0.29) is 24.2 Å². The zero-order chi connectivity index (χ0) is 19.2. The van der Waals surface area contributed by atoms with Crippen LogP contribution >= 0.6 is 0 Å². The van der Waals surface area contributed by atoms with Crippen LogP contribution in [-0.4, -0.2) is 44.9 Å². The summed E-state index contributed by atoms with van der Waals surface area (Å²) in [7, 11) is 0. The Labute approximate surface area is 159 Å². The summed E-state index contributed by atoms with van der Waals surface area (Å²) < 4.78 is 8.79. The third kappa shape index (κ3) is 4.47. The van der Waals surface area contributed by atoms with Crippen molar-refractivity contribution in [2.45, 2.75) is 52.3 Å². The number of benzene rings is 1. The van der Waals surface area contributed by atoms with Gasteiger partial charge in [-0.25, -0.2) is 9.48 Å². The van der Waals surface area contributed by atoms with E-state index in [0.717, 1.165) is 30.7 Å². The van der Waals surface area contributed by atoms with Gasteiger partial charge in [0, 0.05) is 19.5 Å². The van der Waals surface area contributed by atoms with Crippen molar-refractivity contribution in [2.75, 3.05) is 19.7 Å². The highest BCUT2D eigenvalue weighted by molar-refractivity contribution is 5.76. The van der Waals surface area contributed by atoms with Crippen LogP contribution in [0.1, 0.15) is 44.2 Å². The number of carbonyl (C=O) groups is 1. The first-order valence-electron chi connectivity index (χ1n) is 9.74. The maximum Gasteiger partial charge on any atom is 0.346 e. The molecule has 1 aromatic heterocycles. The first-order chi connectivity index (χ1) is 13.1. The summed E-state index contributed by atoms with van der Waals surface area (Å²) in [5.41, 5.74) is 0.856. The summed E-state index contributed by atoms with van der Waals surface area (Å²) in [6.07, 6.45) is 2.65. The van der Waals surface area contributed by atoms with Gasteiger partial charge in [0.15, 0.2) is 0 Å². The highest BCUT2D eigenvalue weighted by atomic mass is 16.5. The largest absolute Gasteiger partial charge is 0.370 e. The van der Waals surface area contributed by atoms with Crippen LogP contribution in [0.5, 0.6) is 0 Å². The Morgan fingerprint density at radius 3 is 2.74 bits per heavy atom. The van der Waals surface area contributed by atoms with E-state index in [1.165, 1.54) is 4.68 Å². The SMILES string of the molecule is CCCCc1nn(CC(=O)N2CCO[C@@H](c3ccccc3)C2)c(=O)n1CC. The lowest BCUT2D eigenvalue weighted by molar-refractivity contribution is -0.139. The van der Waals surface area contributed by atoms with Crippen molar-refractivity contribution in [3.05, 3.63) is 52.2 Å². The fourth-order valence-electron chi connectivity index (χ4n) is 3.40. The number of rotatable bonds is 7. The maximum atomic E-state index is 12.8. The zero-order valence-corrected chi connectivity index (χ0v) is 16.1. The van der Waals surface area contributed by atoms with Gasteiger partial charge in [-0.1, -0.05) is 43.7 Å². The number of carbonyl (C=O) groups excluding carboxylic acids is 1. The summed E-state index contributed by atoms with van der Waals surface area (Å²) in [6.45, 7) is 6.11. The van der Waals surface area contributed by atoms with E-state index in [1.807, 2.05) is 37.3 Å². The number of amides is 1. The predicted octanol–water partition coefficient (Wildman–Crippen LogP) is 2.01. The molecule has 2 aromatic rings. The number of hydrogen-bond donors (Lipinski definition) is 0. The fourth-order valence-corrected chi connectivity index (χ4v) is 3.40. The molecule has 1 atom stereocenters. The normalized spacial score (nSPS) is 17.3. The molecule has 1 aliphatic heterocycles. The molecule has 1 fully saturated rings. The monoisotopic (exact) mass is 372 g/mol. The van der Waals surface area contributed by atoms with Crippen molar-refractivity contribution in [3.63, 3.8) is 0 Å². The molecule has 27 heavy (non-hydrogen) atoms. The molecule has 1 saturated heterocycles. The van der Waals surface area contributed by atoms with Gasteiger partial charge in [0.05, 0.1) is 13.2 Å². The summed E-state index contributed by atoms with van der Waals surface area (Å²) >= 11 is 0. The number of nitrogens with zero attached hydrogens (tertiary/aromatic N) is 4. The molecule has 1 amide bonds. The van der Waals surface area contributed by atoms with Gasteiger partial charge in [-0.15, -0.1) is 0 Å². The second-order valence-electron chi connectivity index (χ2n) is 6.81. The van der Waals surface area contributed by atoms with Gasteiger partial charge in [0.25, 0.3) is 0 Å². The smallest absolute Gasteiger partial charge is 0.346 e. The molecular weight excluding hydrogens is 344 g/mol. The molecule has 0 N–H and O–H groups in total. The van der Waals surface area contributed by atoms with Crippen LogP contribution in [-0.2, 0) is 29.0 Å². The van der Waals surface area contributed by atoms with Crippen LogP contribution in [0.15, 0.2) is 35.1 Å². The van der Waals surface area contributed by atoms with E-state index >= 15 is 0 Å². The minimum absolute atomic E-state index is 0.0214. The average Bonchev–Trinajstić information content (AvgIpc) is 3.01. The first kappa shape index (κ1) is 19.4. The van der Waals surface area contributed by atoms with Crippen molar-refractivity contribution in [1.82, 2.24) is 19.2 Å². The number of morpholine rings is 1. The number of unbranched alkanes of at least 4 members (excludes halogenated alkanes) is 1. The van der Waals surface area contributed by atoms with Crippen molar-refractivity contribution < 1.29 is 9.53 Å². The highest BCUT2D eigenvalue weighted by Crippen LogP contribution is 2.22. The van der Waals surface area contributed by atoms with Gasteiger partial charge in [-0.2, -0.15) is 5.10 Å². The van der Waals surface area contributed by atoms with Crippen LogP contribution in [0.3, 0.4) is 0 Å². The molecule has 2 heterocycles. The lowest BCUT2D eigenvalue weighted by Crippen LogP contribution is -2.44. The van der Waals surface area contributed by atoms with Crippen LogP contribution in [0.4, 0.5) is 0 Å². The van der Waals surface area contributed by atoms with Crippen molar-refractivity contribution in [3.8, 4) is 0 Å². The topological polar surface area (TPSA) is 69.4 Å². The molecule has 7 heteroatoms.